The molecule has 0 radical (unpaired) electrons. The fraction of sp³-hybridized carbons (Fsp3) is 0.130. The Balaban J connectivity index is 1.73. The van der Waals surface area contributed by atoms with E-state index < -0.39 is 6.10 Å². The zero-order valence-corrected chi connectivity index (χ0v) is 18.6. The molecule has 1 aromatic carbocycles. The number of nitrogens with zero attached hydrogens (tertiary/aromatic N) is 3. The van der Waals surface area contributed by atoms with Crippen molar-refractivity contribution >= 4 is 51.7 Å². The van der Waals surface area contributed by atoms with E-state index in [1.807, 2.05) is 30.3 Å². The summed E-state index contributed by atoms with van der Waals surface area (Å²) in [6.07, 6.45) is 3.92. The van der Waals surface area contributed by atoms with Crippen molar-refractivity contribution in [2.75, 3.05) is 18.4 Å². The molecule has 0 bridgehead atoms. The molecule has 0 unspecified atom stereocenters. The Hall–Kier alpha value is -3.27. The summed E-state index contributed by atoms with van der Waals surface area (Å²) in [4.78, 5) is 32.3. The lowest BCUT2D eigenvalue weighted by Crippen LogP contribution is -2.28. The maximum Gasteiger partial charge on any atom is 0.267 e. The lowest BCUT2D eigenvalue weighted by molar-refractivity contribution is -0.121. The van der Waals surface area contributed by atoms with Crippen molar-refractivity contribution in [1.82, 2.24) is 14.3 Å². The molecule has 3 aromatic rings. The largest absolute Gasteiger partial charge is 0.387 e. The molecular weight excluding hydrogens is 444 g/mol. The molecular formula is C23H20N4O3S2. The molecule has 2 N–H and O–H groups in total. The number of anilines is 1. The molecule has 32 heavy (non-hydrogen) atoms. The van der Waals surface area contributed by atoms with Gasteiger partial charge in [-0.05, 0) is 23.8 Å². The second-order valence-electron chi connectivity index (χ2n) is 7.00. The van der Waals surface area contributed by atoms with Crippen molar-refractivity contribution in [2.45, 2.75) is 6.10 Å². The van der Waals surface area contributed by atoms with Crippen LogP contribution in [0.4, 0.5) is 5.82 Å². The highest BCUT2D eigenvalue weighted by molar-refractivity contribution is 8.26. The predicted octanol–water partition coefficient (Wildman–Crippen LogP) is 3.23. The molecule has 1 aliphatic rings. The number of fused-ring (bicyclic) bond motifs is 1. The first-order chi connectivity index (χ1) is 15.5. The van der Waals surface area contributed by atoms with Gasteiger partial charge in [-0.15, -0.1) is 6.58 Å². The summed E-state index contributed by atoms with van der Waals surface area (Å²) in [5, 5.41) is 13.6. The van der Waals surface area contributed by atoms with E-state index in [4.69, 9.17) is 12.2 Å². The van der Waals surface area contributed by atoms with Crippen molar-refractivity contribution in [1.29, 1.82) is 0 Å². The number of aromatic nitrogens is 2. The SMILES string of the molecule is C=CCN1C(=O)/C(=C/c2c(NC[C@@H](O)c3ccccc3)nc3ccccn3c2=O)SC1=S. The normalized spacial score (nSPS) is 16.0. The fourth-order valence-corrected chi connectivity index (χ4v) is 4.53. The van der Waals surface area contributed by atoms with E-state index >= 15 is 0 Å². The minimum absolute atomic E-state index is 0.137. The number of aliphatic hydroxyl groups is 1. The number of rotatable bonds is 7. The van der Waals surface area contributed by atoms with E-state index in [-0.39, 0.29) is 29.4 Å². The number of carbonyl (C=O) groups is 1. The summed E-state index contributed by atoms with van der Waals surface area (Å²) in [5.41, 5.74) is 1.07. The van der Waals surface area contributed by atoms with Gasteiger partial charge in [0, 0.05) is 19.3 Å². The van der Waals surface area contributed by atoms with Gasteiger partial charge in [0.15, 0.2) is 0 Å². The van der Waals surface area contributed by atoms with Gasteiger partial charge in [-0.3, -0.25) is 18.9 Å². The summed E-state index contributed by atoms with van der Waals surface area (Å²) in [7, 11) is 0. The predicted molar refractivity (Wildman–Crippen MR) is 131 cm³/mol. The third-order valence-corrected chi connectivity index (χ3v) is 6.25. The molecule has 1 aliphatic heterocycles. The van der Waals surface area contributed by atoms with Gasteiger partial charge >= 0.3 is 0 Å². The number of nitrogens with one attached hydrogen (secondary N) is 1. The van der Waals surface area contributed by atoms with E-state index in [0.717, 1.165) is 17.3 Å². The maximum atomic E-state index is 13.2. The molecule has 0 saturated carbocycles. The average molecular weight is 465 g/mol. The Morgan fingerprint density at radius 2 is 1.94 bits per heavy atom. The van der Waals surface area contributed by atoms with Gasteiger partial charge in [0.05, 0.1) is 16.6 Å². The van der Waals surface area contributed by atoms with Crippen LogP contribution >= 0.6 is 24.0 Å². The molecule has 2 aromatic heterocycles. The quantitative estimate of drug-likeness (QED) is 0.315. The lowest BCUT2D eigenvalue weighted by atomic mass is 10.1. The molecule has 3 heterocycles. The molecule has 0 aliphatic carbocycles. The van der Waals surface area contributed by atoms with Crippen LogP contribution in [0.15, 0.2) is 77.1 Å². The molecule has 4 rings (SSSR count). The number of thioether (sulfide) groups is 1. The first-order valence-electron chi connectivity index (χ1n) is 9.84. The van der Waals surface area contributed by atoms with Gasteiger partial charge in [-0.1, -0.05) is 66.5 Å². The number of amides is 1. The molecule has 0 spiro atoms. The Bertz CT molecular complexity index is 1290. The molecule has 1 fully saturated rings. The number of carbonyl (C=O) groups excluding carboxylic acids is 1. The molecule has 1 saturated heterocycles. The topological polar surface area (TPSA) is 86.9 Å². The molecule has 9 heteroatoms. The van der Waals surface area contributed by atoms with Crippen LogP contribution in [0.2, 0.25) is 0 Å². The fourth-order valence-electron chi connectivity index (χ4n) is 3.27. The minimum Gasteiger partial charge on any atom is -0.387 e. The van der Waals surface area contributed by atoms with Gasteiger partial charge in [0.25, 0.3) is 11.5 Å². The third kappa shape index (κ3) is 4.36. The number of hydrogen-bond donors (Lipinski definition) is 2. The number of hydrogen-bond acceptors (Lipinski definition) is 7. The Labute approximate surface area is 194 Å². The zero-order valence-electron chi connectivity index (χ0n) is 17.0. The average Bonchev–Trinajstić information content (AvgIpc) is 3.08. The molecule has 1 amide bonds. The Morgan fingerprint density at radius 1 is 1.19 bits per heavy atom. The van der Waals surface area contributed by atoms with Gasteiger partial charge in [0.1, 0.15) is 15.8 Å². The van der Waals surface area contributed by atoms with Crippen molar-refractivity contribution < 1.29 is 9.90 Å². The highest BCUT2D eigenvalue weighted by atomic mass is 32.2. The molecule has 162 valence electrons. The second kappa shape index (κ2) is 9.47. The van der Waals surface area contributed by atoms with Crippen LogP contribution in [0.5, 0.6) is 0 Å². The smallest absolute Gasteiger partial charge is 0.267 e. The van der Waals surface area contributed by atoms with Crippen LogP contribution < -0.4 is 10.9 Å². The summed E-state index contributed by atoms with van der Waals surface area (Å²) < 4.78 is 1.82. The maximum absolute atomic E-state index is 13.2. The van der Waals surface area contributed by atoms with Gasteiger partial charge < -0.3 is 10.4 Å². The molecule has 1 atom stereocenters. The van der Waals surface area contributed by atoms with Crippen LogP contribution in [-0.2, 0) is 4.79 Å². The van der Waals surface area contributed by atoms with Crippen LogP contribution in [-0.4, -0.2) is 42.7 Å². The standard InChI is InChI=1S/C23H20N4O3S2/c1-2-11-27-22(30)18(32-23(27)31)13-16-20(24-14-17(28)15-8-4-3-5-9-15)25-19-10-6-7-12-26(19)21(16)29/h2-10,12-13,17,24,28H,1,11,14H2/b18-13-/t17-/m1/s1. The second-order valence-corrected chi connectivity index (χ2v) is 8.67. The zero-order chi connectivity index (χ0) is 22.7. The summed E-state index contributed by atoms with van der Waals surface area (Å²) >= 11 is 6.42. The van der Waals surface area contributed by atoms with Crippen LogP contribution in [0.25, 0.3) is 11.7 Å². The minimum atomic E-state index is -0.800. The Kier molecular flexibility index (Phi) is 6.50. The van der Waals surface area contributed by atoms with E-state index in [9.17, 15) is 14.7 Å². The van der Waals surface area contributed by atoms with Crippen molar-refractivity contribution in [3.63, 3.8) is 0 Å². The summed E-state index contributed by atoms with van der Waals surface area (Å²) in [5.74, 6) is -0.00195. The first-order valence-corrected chi connectivity index (χ1v) is 11.1. The number of thiocarbonyl (C=S) groups is 1. The van der Waals surface area contributed by atoms with Crippen molar-refractivity contribution in [3.8, 4) is 0 Å². The van der Waals surface area contributed by atoms with Gasteiger partial charge in [-0.2, -0.15) is 0 Å². The van der Waals surface area contributed by atoms with Crippen LogP contribution in [0.3, 0.4) is 0 Å². The van der Waals surface area contributed by atoms with Crippen molar-refractivity contribution in [2.24, 2.45) is 0 Å². The van der Waals surface area contributed by atoms with Crippen molar-refractivity contribution in [3.05, 3.63) is 93.8 Å². The van der Waals surface area contributed by atoms with E-state index in [1.54, 1.807) is 30.5 Å². The number of benzene rings is 1. The van der Waals surface area contributed by atoms with E-state index in [0.29, 0.717) is 21.4 Å². The lowest BCUT2D eigenvalue weighted by Gasteiger charge is -2.15. The first kappa shape index (κ1) is 21.9. The third-order valence-electron chi connectivity index (χ3n) is 4.88. The van der Waals surface area contributed by atoms with Crippen LogP contribution in [0, 0.1) is 0 Å². The number of aliphatic hydroxyl groups excluding tert-OH is 1. The monoisotopic (exact) mass is 464 g/mol. The highest BCUT2D eigenvalue weighted by Gasteiger charge is 2.31. The molecule has 7 nitrogen and oxygen atoms in total. The number of pyridine rings is 1. The van der Waals surface area contributed by atoms with E-state index in [1.165, 1.54) is 15.4 Å². The highest BCUT2D eigenvalue weighted by Crippen LogP contribution is 2.33. The Morgan fingerprint density at radius 3 is 2.69 bits per heavy atom. The van der Waals surface area contributed by atoms with Crippen LogP contribution in [0.1, 0.15) is 17.2 Å². The van der Waals surface area contributed by atoms with Gasteiger partial charge in [0.2, 0.25) is 0 Å². The van der Waals surface area contributed by atoms with Gasteiger partial charge in [-0.25, -0.2) is 4.98 Å². The summed E-state index contributed by atoms with van der Waals surface area (Å²) in [6.45, 7) is 4.08. The van der Waals surface area contributed by atoms with E-state index in [2.05, 4.69) is 16.9 Å². The summed E-state index contributed by atoms with van der Waals surface area (Å²) in [6, 6.07) is 14.4.